The lowest BCUT2D eigenvalue weighted by atomic mass is 10.1. The van der Waals surface area contributed by atoms with E-state index in [1.54, 1.807) is 12.1 Å². The van der Waals surface area contributed by atoms with Crippen LogP contribution in [0.4, 0.5) is 0 Å². The Kier molecular flexibility index (Phi) is 4.68. The van der Waals surface area contributed by atoms with Crippen LogP contribution in [-0.4, -0.2) is 17.5 Å². The molecule has 0 aliphatic rings. The third-order valence-corrected chi connectivity index (χ3v) is 3.58. The van der Waals surface area contributed by atoms with Gasteiger partial charge in [-0.2, -0.15) is 0 Å². The maximum Gasteiger partial charge on any atom is 0.251 e. The van der Waals surface area contributed by atoms with Crippen molar-refractivity contribution in [3.63, 3.8) is 0 Å². The first-order valence-corrected chi connectivity index (χ1v) is 7.00. The highest BCUT2D eigenvalue weighted by molar-refractivity contribution is 6.39. The molecule has 2 rings (SSSR count). The van der Waals surface area contributed by atoms with Crippen molar-refractivity contribution in [3.05, 3.63) is 33.9 Å². The van der Waals surface area contributed by atoms with Gasteiger partial charge in [0.15, 0.2) is 0 Å². The first kappa shape index (κ1) is 14.9. The average Bonchev–Trinajstić information content (AvgIpc) is 2.40. The number of nitrogens with zero attached hydrogens (tertiary/aromatic N) is 1. The zero-order valence-corrected chi connectivity index (χ0v) is 12.5. The van der Waals surface area contributed by atoms with Crippen LogP contribution in [-0.2, 0) is 0 Å². The molecule has 4 nitrogen and oxygen atoms in total. The summed E-state index contributed by atoms with van der Waals surface area (Å²) in [4.78, 5) is 15.4. The van der Waals surface area contributed by atoms with Crippen LogP contribution in [0.5, 0.6) is 5.75 Å². The van der Waals surface area contributed by atoms with Crippen LogP contribution < -0.4 is 10.5 Å². The molecule has 0 saturated heterocycles. The van der Waals surface area contributed by atoms with E-state index in [-0.39, 0.29) is 10.6 Å². The number of hydrogen-bond donors (Lipinski definition) is 1. The fourth-order valence-electron chi connectivity index (χ4n) is 1.77. The summed E-state index contributed by atoms with van der Waals surface area (Å²) in [6, 6.07) is 3.35. The predicted molar refractivity (Wildman–Crippen MR) is 80.7 cm³/mol. The fourth-order valence-corrected chi connectivity index (χ4v) is 2.28. The van der Waals surface area contributed by atoms with Gasteiger partial charge < -0.3 is 10.5 Å². The number of primary amides is 1. The van der Waals surface area contributed by atoms with Crippen LogP contribution in [0.1, 0.15) is 30.1 Å². The summed E-state index contributed by atoms with van der Waals surface area (Å²) >= 11 is 12.3. The lowest BCUT2D eigenvalue weighted by Crippen LogP contribution is -2.12. The number of nitrogens with two attached hydrogens (primary N) is 1. The Hall–Kier alpha value is -1.52. The van der Waals surface area contributed by atoms with Crippen LogP contribution in [0, 0.1) is 0 Å². The molecular formula is C14H14Cl2N2O2. The lowest BCUT2D eigenvalue weighted by molar-refractivity contribution is 0.100. The zero-order chi connectivity index (χ0) is 14.7. The van der Waals surface area contributed by atoms with Gasteiger partial charge in [-0.15, -0.1) is 0 Å². The van der Waals surface area contributed by atoms with Crippen LogP contribution in [0.15, 0.2) is 18.3 Å². The molecule has 2 aromatic rings. The first-order valence-electron chi connectivity index (χ1n) is 6.25. The first-order chi connectivity index (χ1) is 9.54. The number of amides is 1. The standard InChI is InChI=1S/C14H14Cl2N2O2/c1-2-3-4-20-12-5-8-11(6-10(12)15)18-7-9(13(8)16)14(17)19/h5-7H,2-4H2,1H3,(H2,17,19). The number of carbonyl (C=O) groups is 1. The molecule has 1 heterocycles. The van der Waals surface area contributed by atoms with E-state index in [1.165, 1.54) is 6.20 Å². The van der Waals surface area contributed by atoms with Crippen molar-refractivity contribution in [1.29, 1.82) is 0 Å². The molecule has 0 spiro atoms. The second kappa shape index (κ2) is 6.29. The minimum atomic E-state index is -0.618. The van der Waals surface area contributed by atoms with Gasteiger partial charge in [-0.25, -0.2) is 0 Å². The fraction of sp³-hybridized carbons (Fsp3) is 0.286. The van der Waals surface area contributed by atoms with Crippen LogP contribution in [0.2, 0.25) is 10.0 Å². The van der Waals surface area contributed by atoms with Gasteiger partial charge >= 0.3 is 0 Å². The van der Waals surface area contributed by atoms with E-state index in [1.807, 2.05) is 0 Å². The van der Waals surface area contributed by atoms with Gasteiger partial charge in [0.05, 0.1) is 27.7 Å². The van der Waals surface area contributed by atoms with E-state index in [4.69, 9.17) is 33.7 Å². The van der Waals surface area contributed by atoms with Gasteiger partial charge in [0.1, 0.15) is 5.75 Å². The Bertz CT molecular complexity index is 659. The Labute approximate surface area is 126 Å². The van der Waals surface area contributed by atoms with Crippen molar-refractivity contribution >= 4 is 40.0 Å². The summed E-state index contributed by atoms with van der Waals surface area (Å²) in [5, 5.41) is 1.32. The minimum absolute atomic E-state index is 0.181. The molecule has 0 radical (unpaired) electrons. The SMILES string of the molecule is CCCCOc1cc2c(Cl)c(C(N)=O)cnc2cc1Cl. The van der Waals surface area contributed by atoms with E-state index < -0.39 is 5.91 Å². The average molecular weight is 313 g/mol. The molecule has 0 aliphatic heterocycles. The number of halogens is 2. The third kappa shape index (κ3) is 2.97. The van der Waals surface area contributed by atoms with Gasteiger partial charge in [-0.1, -0.05) is 36.5 Å². The summed E-state index contributed by atoms with van der Waals surface area (Å²) in [5.74, 6) is -0.0919. The topological polar surface area (TPSA) is 65.2 Å². The number of rotatable bonds is 5. The van der Waals surface area contributed by atoms with Gasteiger partial charge in [-0.3, -0.25) is 9.78 Å². The van der Waals surface area contributed by atoms with Gasteiger partial charge in [0.25, 0.3) is 5.91 Å². The molecule has 1 aromatic carbocycles. The van der Waals surface area contributed by atoms with Crippen molar-refractivity contribution in [2.45, 2.75) is 19.8 Å². The molecular weight excluding hydrogens is 299 g/mol. The molecule has 0 fully saturated rings. The second-order valence-electron chi connectivity index (χ2n) is 4.35. The van der Waals surface area contributed by atoms with E-state index in [9.17, 15) is 4.79 Å². The molecule has 1 aromatic heterocycles. The molecule has 0 atom stereocenters. The number of hydrogen-bond acceptors (Lipinski definition) is 3. The summed E-state index contributed by atoms with van der Waals surface area (Å²) in [6.45, 7) is 2.65. The van der Waals surface area contributed by atoms with Crippen LogP contribution >= 0.6 is 23.2 Å². The highest BCUT2D eigenvalue weighted by Crippen LogP contribution is 2.34. The molecule has 0 aliphatic carbocycles. The molecule has 0 bridgehead atoms. The van der Waals surface area contributed by atoms with Crippen molar-refractivity contribution < 1.29 is 9.53 Å². The van der Waals surface area contributed by atoms with Crippen molar-refractivity contribution in [2.75, 3.05) is 6.61 Å². The predicted octanol–water partition coefficient (Wildman–Crippen LogP) is 3.82. The highest BCUT2D eigenvalue weighted by atomic mass is 35.5. The summed E-state index contributed by atoms with van der Waals surface area (Å²) in [7, 11) is 0. The third-order valence-electron chi connectivity index (χ3n) is 2.88. The quantitative estimate of drug-likeness (QED) is 0.853. The Morgan fingerprint density at radius 2 is 2.15 bits per heavy atom. The van der Waals surface area contributed by atoms with Gasteiger partial charge in [0.2, 0.25) is 0 Å². The molecule has 20 heavy (non-hydrogen) atoms. The smallest absolute Gasteiger partial charge is 0.251 e. The largest absolute Gasteiger partial charge is 0.492 e. The molecule has 0 unspecified atom stereocenters. The second-order valence-corrected chi connectivity index (χ2v) is 5.14. The number of unbranched alkanes of at least 4 members (excludes halogenated alkanes) is 1. The van der Waals surface area contributed by atoms with Crippen molar-refractivity contribution in [1.82, 2.24) is 4.98 Å². The number of benzene rings is 1. The van der Waals surface area contributed by atoms with E-state index in [0.717, 1.165) is 12.8 Å². The minimum Gasteiger partial charge on any atom is -0.492 e. The van der Waals surface area contributed by atoms with E-state index >= 15 is 0 Å². The summed E-state index contributed by atoms with van der Waals surface area (Å²) in [6.07, 6.45) is 3.31. The van der Waals surface area contributed by atoms with Crippen molar-refractivity contribution in [3.8, 4) is 5.75 Å². The highest BCUT2D eigenvalue weighted by Gasteiger charge is 2.14. The number of pyridine rings is 1. The van der Waals surface area contributed by atoms with Gasteiger partial charge in [0, 0.05) is 11.6 Å². The number of carbonyl (C=O) groups excluding carboxylic acids is 1. The lowest BCUT2D eigenvalue weighted by Gasteiger charge is -2.10. The normalized spacial score (nSPS) is 10.8. The number of fused-ring (bicyclic) bond motifs is 1. The number of aromatic nitrogens is 1. The van der Waals surface area contributed by atoms with Gasteiger partial charge in [-0.05, 0) is 18.6 Å². The molecule has 0 saturated carbocycles. The molecule has 1 amide bonds. The Morgan fingerprint density at radius 3 is 2.80 bits per heavy atom. The van der Waals surface area contributed by atoms with E-state index in [2.05, 4.69) is 11.9 Å². The number of ether oxygens (including phenoxy) is 1. The van der Waals surface area contributed by atoms with Crippen molar-refractivity contribution in [2.24, 2.45) is 5.73 Å². The zero-order valence-electron chi connectivity index (χ0n) is 11.0. The monoisotopic (exact) mass is 312 g/mol. The van der Waals surface area contributed by atoms with Crippen LogP contribution in [0.25, 0.3) is 10.9 Å². The molecule has 6 heteroatoms. The maximum atomic E-state index is 11.3. The Morgan fingerprint density at radius 1 is 1.40 bits per heavy atom. The van der Waals surface area contributed by atoms with E-state index in [0.29, 0.717) is 28.3 Å². The molecule has 106 valence electrons. The maximum absolute atomic E-state index is 11.3. The summed E-state index contributed by atoms with van der Waals surface area (Å²) < 4.78 is 5.61. The Balaban J connectivity index is 2.48. The van der Waals surface area contributed by atoms with Crippen LogP contribution in [0.3, 0.4) is 0 Å². The summed E-state index contributed by atoms with van der Waals surface area (Å²) in [5.41, 5.74) is 6.02. The molecule has 2 N–H and O–H groups in total.